The van der Waals surface area contributed by atoms with Crippen molar-refractivity contribution in [3.63, 3.8) is 0 Å². The lowest BCUT2D eigenvalue weighted by Gasteiger charge is -2.33. The molecule has 0 aliphatic carbocycles. The third-order valence-electron chi connectivity index (χ3n) is 5.28. The number of carbonyl (C=O) groups is 1. The van der Waals surface area contributed by atoms with Crippen LogP contribution in [0.4, 0.5) is 4.39 Å². The third-order valence-corrected chi connectivity index (χ3v) is 7.42. The summed E-state index contributed by atoms with van der Waals surface area (Å²) >= 11 is 5.73. The maximum absolute atomic E-state index is 13.8. The fourth-order valence-electron chi connectivity index (χ4n) is 3.33. The Morgan fingerprint density at radius 1 is 1.03 bits per heavy atom. The number of sulfonamides is 1. The first-order chi connectivity index (χ1) is 14.5. The molecular formula is C23H26ClFN2O3S. The zero-order chi connectivity index (χ0) is 22.8. The van der Waals surface area contributed by atoms with Gasteiger partial charge in [-0.3, -0.25) is 4.79 Å². The molecular weight excluding hydrogens is 439 g/mol. The molecule has 0 saturated carbocycles. The molecule has 0 atom stereocenters. The molecule has 31 heavy (non-hydrogen) atoms. The molecule has 2 aromatic rings. The summed E-state index contributed by atoms with van der Waals surface area (Å²) in [5, 5.41) is 0.284. The van der Waals surface area contributed by atoms with Gasteiger partial charge in [-0.05, 0) is 41.3 Å². The second kappa shape index (κ2) is 9.10. The molecule has 1 heterocycles. The van der Waals surface area contributed by atoms with E-state index < -0.39 is 15.8 Å². The predicted molar refractivity (Wildman–Crippen MR) is 121 cm³/mol. The maximum atomic E-state index is 13.8. The van der Waals surface area contributed by atoms with Crippen molar-refractivity contribution in [1.29, 1.82) is 0 Å². The predicted octanol–water partition coefficient (Wildman–Crippen LogP) is 4.32. The molecule has 0 spiro atoms. The van der Waals surface area contributed by atoms with E-state index in [9.17, 15) is 17.6 Å². The summed E-state index contributed by atoms with van der Waals surface area (Å²) < 4.78 is 41.2. The molecule has 5 nitrogen and oxygen atoms in total. The molecule has 3 rings (SSSR count). The van der Waals surface area contributed by atoms with Gasteiger partial charge in [-0.15, -0.1) is 0 Å². The van der Waals surface area contributed by atoms with Crippen LogP contribution >= 0.6 is 11.6 Å². The number of nitrogens with zero attached hydrogens (tertiary/aromatic N) is 2. The van der Waals surface area contributed by atoms with E-state index in [1.165, 1.54) is 28.6 Å². The molecule has 1 amide bonds. The van der Waals surface area contributed by atoms with Crippen LogP contribution in [0.15, 0.2) is 53.4 Å². The van der Waals surface area contributed by atoms with Crippen LogP contribution < -0.4 is 0 Å². The van der Waals surface area contributed by atoms with Crippen LogP contribution in [0, 0.1) is 5.82 Å². The molecule has 0 radical (unpaired) electrons. The van der Waals surface area contributed by atoms with E-state index in [0.717, 1.165) is 5.56 Å². The minimum absolute atomic E-state index is 0.0588. The van der Waals surface area contributed by atoms with Crippen molar-refractivity contribution in [1.82, 2.24) is 9.21 Å². The number of rotatable bonds is 4. The van der Waals surface area contributed by atoms with E-state index in [4.69, 9.17) is 11.6 Å². The molecule has 1 fully saturated rings. The first-order valence-electron chi connectivity index (χ1n) is 10.0. The standard InChI is InChI=1S/C23H26ClFN2O3S/c1-23(2,3)18-6-9-20(10-7-18)31(29,30)27-14-12-26(13-15-27)22(28)11-5-17-4-8-19(24)16-21(17)25/h4-11,16H,12-15H2,1-3H3. The fourth-order valence-corrected chi connectivity index (χ4v) is 4.91. The normalized spacial score (nSPS) is 16.1. The summed E-state index contributed by atoms with van der Waals surface area (Å²) in [7, 11) is -3.62. The SMILES string of the molecule is CC(C)(C)c1ccc(S(=O)(=O)N2CCN(C(=O)C=Cc3ccc(Cl)cc3F)CC2)cc1. The average molecular weight is 465 g/mol. The zero-order valence-corrected chi connectivity index (χ0v) is 19.4. The Morgan fingerprint density at radius 3 is 2.19 bits per heavy atom. The monoisotopic (exact) mass is 464 g/mol. The number of hydrogen-bond donors (Lipinski definition) is 0. The molecule has 2 aromatic carbocycles. The van der Waals surface area contributed by atoms with Crippen LogP contribution in [-0.2, 0) is 20.2 Å². The van der Waals surface area contributed by atoms with Gasteiger partial charge in [0.2, 0.25) is 15.9 Å². The van der Waals surface area contributed by atoms with Gasteiger partial charge < -0.3 is 4.90 Å². The molecule has 1 aliphatic heterocycles. The molecule has 0 aromatic heterocycles. The molecule has 0 unspecified atom stereocenters. The molecule has 1 saturated heterocycles. The highest BCUT2D eigenvalue weighted by Crippen LogP contribution is 2.25. The summed E-state index contributed by atoms with van der Waals surface area (Å²) in [6, 6.07) is 11.2. The lowest BCUT2D eigenvalue weighted by molar-refractivity contribution is -0.127. The zero-order valence-electron chi connectivity index (χ0n) is 17.8. The van der Waals surface area contributed by atoms with Crippen LogP contribution in [0.3, 0.4) is 0 Å². The first kappa shape index (κ1) is 23.4. The second-order valence-electron chi connectivity index (χ2n) is 8.50. The van der Waals surface area contributed by atoms with Gasteiger partial charge in [-0.1, -0.05) is 50.6 Å². The van der Waals surface area contributed by atoms with Crippen LogP contribution in [0.2, 0.25) is 5.02 Å². The summed E-state index contributed by atoms with van der Waals surface area (Å²) in [6.07, 6.45) is 2.69. The summed E-state index contributed by atoms with van der Waals surface area (Å²) in [5.41, 5.74) is 1.26. The highest BCUT2D eigenvalue weighted by atomic mass is 35.5. The summed E-state index contributed by atoms with van der Waals surface area (Å²) in [6.45, 7) is 7.17. The van der Waals surface area contributed by atoms with E-state index in [1.54, 1.807) is 23.1 Å². The Hall–Kier alpha value is -2.22. The Labute approximate surface area is 188 Å². The van der Waals surface area contributed by atoms with Crippen LogP contribution in [0.1, 0.15) is 31.9 Å². The lowest BCUT2D eigenvalue weighted by Crippen LogP contribution is -2.50. The smallest absolute Gasteiger partial charge is 0.246 e. The number of halogens is 2. The van der Waals surface area contributed by atoms with Crippen LogP contribution in [0.25, 0.3) is 6.08 Å². The number of carbonyl (C=O) groups excluding carboxylic acids is 1. The molecule has 1 aliphatic rings. The first-order valence-corrected chi connectivity index (χ1v) is 11.8. The topological polar surface area (TPSA) is 57.7 Å². The molecule has 0 N–H and O–H groups in total. The Balaban J connectivity index is 1.63. The van der Waals surface area contributed by atoms with Gasteiger partial charge in [0.1, 0.15) is 5.82 Å². The van der Waals surface area contributed by atoms with Gasteiger partial charge >= 0.3 is 0 Å². The Kier molecular flexibility index (Phi) is 6.88. The average Bonchev–Trinajstić information content (AvgIpc) is 2.72. The van der Waals surface area contributed by atoms with Crippen molar-refractivity contribution in [2.45, 2.75) is 31.1 Å². The van der Waals surface area contributed by atoms with E-state index in [1.807, 2.05) is 12.1 Å². The highest BCUT2D eigenvalue weighted by molar-refractivity contribution is 7.89. The summed E-state index contributed by atoms with van der Waals surface area (Å²) in [5.74, 6) is -0.800. The van der Waals surface area contributed by atoms with Gasteiger partial charge in [-0.25, -0.2) is 12.8 Å². The Morgan fingerprint density at radius 2 is 1.65 bits per heavy atom. The number of benzene rings is 2. The van der Waals surface area contributed by atoms with Gasteiger partial charge in [-0.2, -0.15) is 4.31 Å². The van der Waals surface area contributed by atoms with E-state index >= 15 is 0 Å². The number of hydrogen-bond acceptors (Lipinski definition) is 3. The lowest BCUT2D eigenvalue weighted by atomic mass is 9.87. The van der Waals surface area contributed by atoms with Gasteiger partial charge in [0.15, 0.2) is 0 Å². The van der Waals surface area contributed by atoms with E-state index in [-0.39, 0.29) is 53.0 Å². The summed E-state index contributed by atoms with van der Waals surface area (Å²) in [4.78, 5) is 14.2. The molecule has 8 heteroatoms. The highest BCUT2D eigenvalue weighted by Gasteiger charge is 2.30. The number of amides is 1. The van der Waals surface area contributed by atoms with Gasteiger partial charge in [0.25, 0.3) is 0 Å². The van der Waals surface area contributed by atoms with E-state index in [0.29, 0.717) is 0 Å². The third kappa shape index (κ3) is 5.53. The quantitative estimate of drug-likeness (QED) is 0.633. The van der Waals surface area contributed by atoms with Crippen LogP contribution in [-0.4, -0.2) is 49.7 Å². The fraction of sp³-hybridized carbons (Fsp3) is 0.348. The largest absolute Gasteiger partial charge is 0.337 e. The minimum atomic E-state index is -3.62. The maximum Gasteiger partial charge on any atom is 0.246 e. The van der Waals surface area contributed by atoms with Crippen molar-refractivity contribution in [2.75, 3.05) is 26.2 Å². The van der Waals surface area contributed by atoms with Crippen LogP contribution in [0.5, 0.6) is 0 Å². The Bertz CT molecular complexity index is 1080. The number of piperazine rings is 1. The molecule has 166 valence electrons. The van der Waals surface area contributed by atoms with Crippen molar-refractivity contribution in [2.24, 2.45) is 0 Å². The molecule has 0 bridgehead atoms. The second-order valence-corrected chi connectivity index (χ2v) is 10.9. The van der Waals surface area contributed by atoms with Crippen molar-refractivity contribution >= 4 is 33.6 Å². The van der Waals surface area contributed by atoms with E-state index in [2.05, 4.69) is 20.8 Å². The van der Waals surface area contributed by atoms with Crippen molar-refractivity contribution < 1.29 is 17.6 Å². The van der Waals surface area contributed by atoms with Crippen molar-refractivity contribution in [3.8, 4) is 0 Å². The van der Waals surface area contributed by atoms with Gasteiger partial charge in [0, 0.05) is 42.8 Å². The van der Waals surface area contributed by atoms with Crippen molar-refractivity contribution in [3.05, 3.63) is 70.5 Å². The van der Waals surface area contributed by atoms with Gasteiger partial charge in [0.05, 0.1) is 4.90 Å². The minimum Gasteiger partial charge on any atom is -0.337 e.